The lowest BCUT2D eigenvalue weighted by molar-refractivity contribution is 0.155. The Labute approximate surface area is 90.9 Å². The van der Waals surface area contributed by atoms with Gasteiger partial charge in [0.05, 0.1) is 6.10 Å². The Morgan fingerprint density at radius 3 is 2.87 bits per heavy atom. The van der Waals surface area contributed by atoms with Crippen molar-refractivity contribution in [1.82, 2.24) is 4.57 Å². The molecule has 2 heteroatoms. The summed E-state index contributed by atoms with van der Waals surface area (Å²) in [5, 5.41) is 9.87. The second-order valence-electron chi connectivity index (χ2n) is 5.08. The van der Waals surface area contributed by atoms with Gasteiger partial charge in [-0.1, -0.05) is 6.42 Å². The van der Waals surface area contributed by atoms with Crippen molar-refractivity contribution >= 4 is 0 Å². The summed E-state index contributed by atoms with van der Waals surface area (Å²) in [7, 11) is 0. The summed E-state index contributed by atoms with van der Waals surface area (Å²) < 4.78 is 2.39. The minimum atomic E-state index is -0.198. The Morgan fingerprint density at radius 2 is 2.13 bits per heavy atom. The molecule has 2 aliphatic rings. The maximum atomic E-state index is 9.87. The lowest BCUT2D eigenvalue weighted by Crippen LogP contribution is -2.20. The van der Waals surface area contributed by atoms with Gasteiger partial charge in [0, 0.05) is 24.0 Å². The zero-order chi connectivity index (χ0) is 10.3. The molecule has 1 unspecified atom stereocenters. The predicted molar refractivity (Wildman–Crippen MR) is 59.7 cm³/mol. The van der Waals surface area contributed by atoms with Crippen LogP contribution in [0.1, 0.15) is 49.5 Å². The quantitative estimate of drug-likeness (QED) is 0.789. The van der Waals surface area contributed by atoms with E-state index in [9.17, 15) is 5.11 Å². The summed E-state index contributed by atoms with van der Waals surface area (Å²) in [5.74, 6) is 0.903. The van der Waals surface area contributed by atoms with Crippen molar-refractivity contribution < 1.29 is 5.11 Å². The van der Waals surface area contributed by atoms with Gasteiger partial charge in [-0.2, -0.15) is 0 Å². The number of fused-ring (bicyclic) bond motifs is 1. The average Bonchev–Trinajstić information content (AvgIpc) is 2.56. The van der Waals surface area contributed by atoms with Crippen molar-refractivity contribution in [2.45, 2.75) is 51.2 Å². The van der Waals surface area contributed by atoms with Crippen LogP contribution in [0.2, 0.25) is 0 Å². The smallest absolute Gasteiger partial charge is 0.0807 e. The van der Waals surface area contributed by atoms with Crippen LogP contribution in [-0.2, 0) is 13.0 Å². The summed E-state index contributed by atoms with van der Waals surface area (Å²) >= 11 is 0. The monoisotopic (exact) mass is 205 g/mol. The van der Waals surface area contributed by atoms with Gasteiger partial charge in [0.1, 0.15) is 0 Å². The molecule has 1 aromatic rings. The fraction of sp³-hybridized carbons (Fsp3) is 0.692. The van der Waals surface area contributed by atoms with Gasteiger partial charge in [0.25, 0.3) is 0 Å². The average molecular weight is 205 g/mol. The highest BCUT2D eigenvalue weighted by Gasteiger charge is 2.23. The molecule has 0 amide bonds. The Hall–Kier alpha value is -0.760. The van der Waals surface area contributed by atoms with Crippen molar-refractivity contribution in [2.24, 2.45) is 5.92 Å². The molecule has 1 aromatic heterocycles. The summed E-state index contributed by atoms with van der Waals surface area (Å²) in [6, 6.07) is 2.12. The van der Waals surface area contributed by atoms with Crippen molar-refractivity contribution in [3.05, 3.63) is 23.5 Å². The SMILES string of the molecule is OC1CCCc2c1ccn2CC1CCC1. The van der Waals surface area contributed by atoms with Crippen LogP contribution in [0.5, 0.6) is 0 Å². The molecule has 0 saturated heterocycles. The number of rotatable bonds is 2. The molecule has 0 spiro atoms. The Morgan fingerprint density at radius 1 is 1.27 bits per heavy atom. The van der Waals surface area contributed by atoms with E-state index in [0.717, 1.165) is 25.2 Å². The number of hydrogen-bond donors (Lipinski definition) is 1. The minimum absolute atomic E-state index is 0.198. The van der Waals surface area contributed by atoms with Crippen molar-refractivity contribution in [3.8, 4) is 0 Å². The molecule has 82 valence electrons. The van der Waals surface area contributed by atoms with E-state index >= 15 is 0 Å². The number of aliphatic hydroxyl groups excluding tert-OH is 1. The summed E-state index contributed by atoms with van der Waals surface area (Å²) in [6.45, 7) is 1.18. The van der Waals surface area contributed by atoms with Gasteiger partial charge in [0.2, 0.25) is 0 Å². The van der Waals surface area contributed by atoms with E-state index in [2.05, 4.69) is 16.8 Å². The number of aliphatic hydroxyl groups is 1. The van der Waals surface area contributed by atoms with Crippen LogP contribution in [0.15, 0.2) is 12.3 Å². The molecule has 0 radical (unpaired) electrons. The van der Waals surface area contributed by atoms with Crippen LogP contribution in [-0.4, -0.2) is 9.67 Å². The van der Waals surface area contributed by atoms with Gasteiger partial charge in [-0.15, -0.1) is 0 Å². The molecule has 0 aromatic carbocycles. The summed E-state index contributed by atoms with van der Waals surface area (Å²) in [6.07, 6.45) is 9.44. The zero-order valence-corrected chi connectivity index (χ0v) is 9.15. The topological polar surface area (TPSA) is 25.2 Å². The largest absolute Gasteiger partial charge is 0.388 e. The molecule has 1 atom stereocenters. The summed E-state index contributed by atoms with van der Waals surface area (Å²) in [5.41, 5.74) is 2.60. The van der Waals surface area contributed by atoms with Crippen LogP contribution in [0.25, 0.3) is 0 Å². The van der Waals surface area contributed by atoms with Crippen LogP contribution in [0, 0.1) is 5.92 Å². The highest BCUT2D eigenvalue weighted by Crippen LogP contribution is 2.33. The van der Waals surface area contributed by atoms with E-state index in [4.69, 9.17) is 0 Å². The standard InChI is InChI=1S/C13H19NO/c15-13-6-2-5-12-11(13)7-8-14(12)9-10-3-1-4-10/h7-8,10,13,15H,1-6,9H2. The van der Waals surface area contributed by atoms with E-state index in [1.165, 1.54) is 37.1 Å². The molecule has 1 saturated carbocycles. The highest BCUT2D eigenvalue weighted by molar-refractivity contribution is 5.27. The second kappa shape index (κ2) is 3.67. The van der Waals surface area contributed by atoms with Gasteiger partial charge in [-0.3, -0.25) is 0 Å². The number of nitrogens with zero attached hydrogens (tertiary/aromatic N) is 1. The van der Waals surface area contributed by atoms with E-state index < -0.39 is 0 Å². The molecule has 2 nitrogen and oxygen atoms in total. The van der Waals surface area contributed by atoms with Gasteiger partial charge < -0.3 is 9.67 Å². The Bertz CT molecular complexity index is 351. The molecular formula is C13H19NO. The fourth-order valence-electron chi connectivity index (χ4n) is 2.86. The minimum Gasteiger partial charge on any atom is -0.388 e. The fourth-order valence-corrected chi connectivity index (χ4v) is 2.86. The van der Waals surface area contributed by atoms with Gasteiger partial charge in [0.15, 0.2) is 0 Å². The molecule has 0 bridgehead atoms. The van der Waals surface area contributed by atoms with Crippen LogP contribution >= 0.6 is 0 Å². The van der Waals surface area contributed by atoms with Crippen LogP contribution in [0.3, 0.4) is 0 Å². The zero-order valence-electron chi connectivity index (χ0n) is 9.15. The third-order valence-electron chi connectivity index (χ3n) is 4.04. The first-order valence-electron chi connectivity index (χ1n) is 6.20. The van der Waals surface area contributed by atoms with E-state index in [-0.39, 0.29) is 6.10 Å². The lowest BCUT2D eigenvalue weighted by Gasteiger charge is -2.28. The predicted octanol–water partition coefficient (Wildman–Crippen LogP) is 2.66. The molecule has 3 rings (SSSR count). The molecule has 0 aliphatic heterocycles. The van der Waals surface area contributed by atoms with Gasteiger partial charge in [-0.25, -0.2) is 0 Å². The third kappa shape index (κ3) is 1.61. The molecule has 1 N–H and O–H groups in total. The third-order valence-corrected chi connectivity index (χ3v) is 4.04. The van der Waals surface area contributed by atoms with Crippen molar-refractivity contribution in [3.63, 3.8) is 0 Å². The van der Waals surface area contributed by atoms with Gasteiger partial charge in [-0.05, 0) is 44.1 Å². The highest BCUT2D eigenvalue weighted by atomic mass is 16.3. The lowest BCUT2D eigenvalue weighted by atomic mass is 9.85. The van der Waals surface area contributed by atoms with Crippen LogP contribution < -0.4 is 0 Å². The van der Waals surface area contributed by atoms with Crippen molar-refractivity contribution in [1.29, 1.82) is 0 Å². The van der Waals surface area contributed by atoms with Crippen molar-refractivity contribution in [2.75, 3.05) is 0 Å². The first-order valence-corrected chi connectivity index (χ1v) is 6.20. The Balaban J connectivity index is 1.82. The number of aromatic nitrogens is 1. The van der Waals surface area contributed by atoms with E-state index in [1.54, 1.807) is 0 Å². The maximum absolute atomic E-state index is 9.87. The normalized spacial score (nSPS) is 26.1. The first kappa shape index (κ1) is 9.46. The van der Waals surface area contributed by atoms with E-state index in [0.29, 0.717) is 0 Å². The van der Waals surface area contributed by atoms with Gasteiger partial charge >= 0.3 is 0 Å². The molecule has 1 heterocycles. The summed E-state index contributed by atoms with van der Waals surface area (Å²) in [4.78, 5) is 0. The molecule has 2 aliphatic carbocycles. The number of hydrogen-bond acceptors (Lipinski definition) is 1. The first-order chi connectivity index (χ1) is 7.34. The van der Waals surface area contributed by atoms with Crippen LogP contribution in [0.4, 0.5) is 0 Å². The maximum Gasteiger partial charge on any atom is 0.0807 e. The molecular weight excluding hydrogens is 186 g/mol. The second-order valence-corrected chi connectivity index (χ2v) is 5.08. The Kier molecular flexibility index (Phi) is 2.32. The molecule has 1 fully saturated rings. The molecule has 15 heavy (non-hydrogen) atoms. The van der Waals surface area contributed by atoms with E-state index in [1.807, 2.05) is 0 Å².